The van der Waals surface area contributed by atoms with Crippen LogP contribution in [0.2, 0.25) is 0 Å². The van der Waals surface area contributed by atoms with Gasteiger partial charge in [0.15, 0.2) is 15.6 Å². The van der Waals surface area contributed by atoms with Gasteiger partial charge in [0.1, 0.15) is 0 Å². The average molecular weight is 475 g/mol. The Hall–Kier alpha value is -2.06. The number of rotatable bonds is 6. The van der Waals surface area contributed by atoms with E-state index in [2.05, 4.69) is 38.3 Å². The van der Waals surface area contributed by atoms with Gasteiger partial charge in [0.25, 0.3) is 0 Å². The molecular weight excluding hydrogens is 452 g/mol. The summed E-state index contributed by atoms with van der Waals surface area (Å²) in [6.45, 7) is 2.34. The minimum Gasteiger partial charge on any atom is -0.446 e. The van der Waals surface area contributed by atoms with Crippen LogP contribution in [0, 0.1) is 0 Å². The van der Waals surface area contributed by atoms with E-state index in [4.69, 9.17) is 4.42 Å². The van der Waals surface area contributed by atoms with Gasteiger partial charge in [0.2, 0.25) is 11.7 Å². The molecule has 0 N–H and O–H groups in total. The molecule has 8 heteroatoms. The van der Waals surface area contributed by atoms with E-state index in [-0.39, 0.29) is 5.91 Å². The number of aromatic nitrogens is 3. The Morgan fingerprint density at radius 2 is 1.79 bits per heavy atom. The maximum atomic E-state index is 12.7. The number of likely N-dealkylation sites (tertiary alicyclic amines) is 1. The van der Waals surface area contributed by atoms with Gasteiger partial charge in [-0.05, 0) is 46.5 Å². The number of hydrogen-bond donors (Lipinski definition) is 0. The molecule has 1 aromatic carbocycles. The molecule has 1 saturated heterocycles. The van der Waals surface area contributed by atoms with E-state index in [1.165, 1.54) is 24.6 Å². The average Bonchev–Trinajstić information content (AvgIpc) is 3.22. The van der Waals surface area contributed by atoms with Crippen LogP contribution in [0.4, 0.5) is 0 Å². The van der Waals surface area contributed by atoms with Crippen molar-refractivity contribution in [2.24, 2.45) is 0 Å². The predicted molar refractivity (Wildman–Crippen MR) is 117 cm³/mol. The van der Waals surface area contributed by atoms with Gasteiger partial charge < -0.3 is 9.32 Å². The van der Waals surface area contributed by atoms with Crippen molar-refractivity contribution >= 4 is 33.6 Å². The lowest BCUT2D eigenvalue weighted by Gasteiger charge is -2.19. The van der Waals surface area contributed by atoms with Crippen LogP contribution in [-0.2, 0) is 11.3 Å². The second-order valence-electron chi connectivity index (χ2n) is 7.07. The first-order valence-corrected chi connectivity index (χ1v) is 11.6. The van der Waals surface area contributed by atoms with Gasteiger partial charge in [-0.2, -0.15) is 0 Å². The number of carbonyl (C=O) groups excluding carboxylic acids is 1. The smallest absolute Gasteiger partial charge is 0.233 e. The second kappa shape index (κ2) is 9.63. The molecule has 0 radical (unpaired) electrons. The van der Waals surface area contributed by atoms with Gasteiger partial charge in [-0.1, -0.05) is 54.9 Å². The number of halogens is 1. The molecule has 2 aromatic heterocycles. The van der Waals surface area contributed by atoms with E-state index in [1.807, 2.05) is 39.8 Å². The molecular formula is C21H23BrN4O2S. The number of benzene rings is 1. The fraction of sp³-hybridized carbons (Fsp3) is 0.381. The van der Waals surface area contributed by atoms with E-state index in [9.17, 15) is 4.79 Å². The van der Waals surface area contributed by atoms with Gasteiger partial charge >= 0.3 is 0 Å². The van der Waals surface area contributed by atoms with Gasteiger partial charge in [-0.25, -0.2) is 0 Å². The van der Waals surface area contributed by atoms with E-state index in [0.717, 1.165) is 36.7 Å². The van der Waals surface area contributed by atoms with Crippen LogP contribution < -0.4 is 0 Å². The Morgan fingerprint density at radius 1 is 1.03 bits per heavy atom. The third kappa shape index (κ3) is 5.11. The lowest BCUT2D eigenvalue weighted by Crippen LogP contribution is -2.33. The molecule has 0 spiro atoms. The quantitative estimate of drug-likeness (QED) is 0.478. The Balaban J connectivity index is 1.54. The van der Waals surface area contributed by atoms with Gasteiger partial charge in [0.05, 0.1) is 12.3 Å². The summed E-state index contributed by atoms with van der Waals surface area (Å²) in [4.78, 5) is 14.7. The summed E-state index contributed by atoms with van der Waals surface area (Å²) in [6, 6.07) is 13.9. The van der Waals surface area contributed by atoms with E-state index in [1.54, 1.807) is 0 Å². The van der Waals surface area contributed by atoms with Crippen LogP contribution >= 0.6 is 27.7 Å². The summed E-state index contributed by atoms with van der Waals surface area (Å²) in [5, 5.41) is 9.44. The van der Waals surface area contributed by atoms with Crippen LogP contribution in [-0.4, -0.2) is 44.4 Å². The Labute approximate surface area is 182 Å². The summed E-state index contributed by atoms with van der Waals surface area (Å²) < 4.78 is 8.37. The van der Waals surface area contributed by atoms with Crippen molar-refractivity contribution in [2.75, 3.05) is 18.8 Å². The molecule has 0 atom stereocenters. The Bertz CT molecular complexity index is 949. The zero-order valence-electron chi connectivity index (χ0n) is 16.1. The first kappa shape index (κ1) is 20.2. The molecule has 1 amide bonds. The van der Waals surface area contributed by atoms with Crippen LogP contribution in [0.1, 0.15) is 31.2 Å². The SMILES string of the molecule is O=C(CSc1nnc(-c2ccc(Br)o2)n1Cc1ccccc1)N1CCCCCC1. The summed E-state index contributed by atoms with van der Waals surface area (Å²) in [5.74, 6) is 1.85. The van der Waals surface area contributed by atoms with Crippen molar-refractivity contribution in [3.05, 3.63) is 52.7 Å². The van der Waals surface area contributed by atoms with Crippen molar-refractivity contribution < 1.29 is 9.21 Å². The molecule has 1 fully saturated rings. The minimum atomic E-state index is 0.174. The fourth-order valence-corrected chi connectivity index (χ4v) is 4.61. The molecule has 152 valence electrons. The standard InChI is InChI=1S/C21H23BrN4O2S/c22-18-11-10-17(28-18)20-23-24-21(26(20)14-16-8-4-3-5-9-16)29-15-19(27)25-12-6-1-2-7-13-25/h3-5,8-11H,1-2,6-7,12-15H2. The van der Waals surface area contributed by atoms with Crippen LogP contribution in [0.5, 0.6) is 0 Å². The predicted octanol–water partition coefficient (Wildman–Crippen LogP) is 4.84. The molecule has 3 heterocycles. The van der Waals surface area contributed by atoms with E-state index < -0.39 is 0 Å². The number of furan rings is 1. The molecule has 0 saturated carbocycles. The third-order valence-electron chi connectivity index (χ3n) is 4.98. The van der Waals surface area contributed by atoms with Crippen LogP contribution in [0.3, 0.4) is 0 Å². The van der Waals surface area contributed by atoms with Crippen molar-refractivity contribution in [1.82, 2.24) is 19.7 Å². The highest BCUT2D eigenvalue weighted by molar-refractivity contribution is 9.10. The maximum Gasteiger partial charge on any atom is 0.233 e. The molecule has 3 aromatic rings. The van der Waals surface area contributed by atoms with Crippen molar-refractivity contribution in [3.8, 4) is 11.6 Å². The highest BCUT2D eigenvalue weighted by Crippen LogP contribution is 2.28. The Kier molecular flexibility index (Phi) is 6.71. The maximum absolute atomic E-state index is 12.7. The van der Waals surface area contributed by atoms with E-state index >= 15 is 0 Å². The first-order valence-electron chi connectivity index (χ1n) is 9.84. The third-order valence-corrected chi connectivity index (χ3v) is 6.36. The van der Waals surface area contributed by atoms with Crippen molar-refractivity contribution in [2.45, 2.75) is 37.4 Å². The zero-order valence-corrected chi connectivity index (χ0v) is 18.5. The highest BCUT2D eigenvalue weighted by atomic mass is 79.9. The van der Waals surface area contributed by atoms with Crippen LogP contribution in [0.15, 0.2) is 56.7 Å². The molecule has 0 bridgehead atoms. The number of nitrogens with zero attached hydrogens (tertiary/aromatic N) is 4. The summed E-state index contributed by atoms with van der Waals surface area (Å²) >= 11 is 4.79. The molecule has 0 aliphatic carbocycles. The van der Waals surface area contributed by atoms with Gasteiger partial charge in [0, 0.05) is 13.1 Å². The largest absolute Gasteiger partial charge is 0.446 e. The number of carbonyl (C=O) groups is 1. The molecule has 29 heavy (non-hydrogen) atoms. The summed E-state index contributed by atoms with van der Waals surface area (Å²) in [7, 11) is 0. The normalized spacial score (nSPS) is 14.7. The van der Waals surface area contributed by atoms with Crippen molar-refractivity contribution in [3.63, 3.8) is 0 Å². The molecule has 4 rings (SSSR count). The monoisotopic (exact) mass is 474 g/mol. The number of thioether (sulfide) groups is 1. The molecule has 0 unspecified atom stereocenters. The second-order valence-corrected chi connectivity index (χ2v) is 8.79. The topological polar surface area (TPSA) is 64.2 Å². The van der Waals surface area contributed by atoms with Crippen molar-refractivity contribution in [1.29, 1.82) is 0 Å². The minimum absolute atomic E-state index is 0.174. The number of hydrogen-bond acceptors (Lipinski definition) is 5. The zero-order chi connectivity index (χ0) is 20.1. The summed E-state index contributed by atoms with van der Waals surface area (Å²) in [6.07, 6.45) is 4.62. The molecule has 6 nitrogen and oxygen atoms in total. The lowest BCUT2D eigenvalue weighted by atomic mass is 10.2. The first-order chi connectivity index (χ1) is 14.2. The Morgan fingerprint density at radius 3 is 2.48 bits per heavy atom. The fourth-order valence-electron chi connectivity index (χ4n) is 3.46. The molecule has 1 aliphatic rings. The number of amides is 1. The van der Waals surface area contributed by atoms with Gasteiger partial charge in [-0.3, -0.25) is 9.36 Å². The lowest BCUT2D eigenvalue weighted by molar-refractivity contribution is -0.128. The molecule has 1 aliphatic heterocycles. The van der Waals surface area contributed by atoms with Crippen LogP contribution in [0.25, 0.3) is 11.6 Å². The highest BCUT2D eigenvalue weighted by Gasteiger charge is 2.20. The van der Waals surface area contributed by atoms with Gasteiger partial charge in [-0.15, -0.1) is 10.2 Å². The summed E-state index contributed by atoms with van der Waals surface area (Å²) in [5.41, 5.74) is 1.14. The van der Waals surface area contributed by atoms with E-state index in [0.29, 0.717) is 28.6 Å².